The maximum Gasteiger partial charge on any atom is 0.253 e. The Morgan fingerprint density at radius 2 is 1.72 bits per heavy atom. The third kappa shape index (κ3) is 5.79. The molecule has 0 radical (unpaired) electrons. The third-order valence-corrected chi connectivity index (χ3v) is 5.75. The van der Waals surface area contributed by atoms with Crippen molar-refractivity contribution >= 4 is 17.7 Å². The van der Waals surface area contributed by atoms with Crippen LogP contribution in [0.15, 0.2) is 24.3 Å². The summed E-state index contributed by atoms with van der Waals surface area (Å²) in [7, 11) is 3.55. The maximum atomic E-state index is 12.4. The van der Waals surface area contributed by atoms with Gasteiger partial charge < -0.3 is 15.1 Å². The lowest BCUT2D eigenvalue weighted by Crippen LogP contribution is -2.46. The summed E-state index contributed by atoms with van der Waals surface area (Å²) in [6.07, 6.45) is 3.98. The van der Waals surface area contributed by atoms with E-state index >= 15 is 0 Å². The van der Waals surface area contributed by atoms with Gasteiger partial charge >= 0.3 is 0 Å². The molecule has 0 saturated carbocycles. The Morgan fingerprint density at radius 1 is 1.03 bits per heavy atom. The molecule has 7 nitrogen and oxygen atoms in total. The molecular formula is C22H32N4O3. The van der Waals surface area contributed by atoms with Crippen molar-refractivity contribution in [1.82, 2.24) is 20.0 Å². The van der Waals surface area contributed by atoms with E-state index in [4.69, 9.17) is 0 Å². The van der Waals surface area contributed by atoms with Crippen molar-refractivity contribution in [1.29, 1.82) is 0 Å². The van der Waals surface area contributed by atoms with Crippen LogP contribution in [0.2, 0.25) is 0 Å². The molecule has 1 atom stereocenters. The lowest BCUT2D eigenvalue weighted by atomic mass is 9.97. The predicted octanol–water partition coefficient (Wildman–Crippen LogP) is 1.34. The molecule has 3 amide bonds. The van der Waals surface area contributed by atoms with Crippen LogP contribution in [0.25, 0.3) is 0 Å². The van der Waals surface area contributed by atoms with Crippen LogP contribution < -0.4 is 5.32 Å². The van der Waals surface area contributed by atoms with Crippen molar-refractivity contribution in [2.45, 2.75) is 32.2 Å². The molecule has 2 heterocycles. The van der Waals surface area contributed by atoms with Gasteiger partial charge in [-0.2, -0.15) is 0 Å². The average Bonchev–Trinajstić information content (AvgIpc) is 3.26. The Balaban J connectivity index is 1.44. The molecule has 29 heavy (non-hydrogen) atoms. The monoisotopic (exact) mass is 400 g/mol. The number of hydrogen-bond donors (Lipinski definition) is 1. The van der Waals surface area contributed by atoms with E-state index in [2.05, 4.69) is 10.2 Å². The topological polar surface area (TPSA) is 73.0 Å². The lowest BCUT2D eigenvalue weighted by molar-refractivity contribution is -0.135. The summed E-state index contributed by atoms with van der Waals surface area (Å²) in [5.41, 5.74) is 1.67. The Labute approximate surface area is 173 Å². The van der Waals surface area contributed by atoms with Crippen molar-refractivity contribution in [3.63, 3.8) is 0 Å². The molecule has 2 aliphatic heterocycles. The van der Waals surface area contributed by atoms with Crippen LogP contribution in [-0.4, -0.2) is 79.2 Å². The summed E-state index contributed by atoms with van der Waals surface area (Å²) in [5, 5.41) is 2.95. The predicted molar refractivity (Wildman–Crippen MR) is 111 cm³/mol. The quantitative estimate of drug-likeness (QED) is 0.782. The Kier molecular flexibility index (Phi) is 7.25. The van der Waals surface area contributed by atoms with Crippen LogP contribution in [0.5, 0.6) is 0 Å². The molecule has 2 saturated heterocycles. The van der Waals surface area contributed by atoms with Crippen LogP contribution in [0, 0.1) is 5.92 Å². The number of benzene rings is 1. The summed E-state index contributed by atoms with van der Waals surface area (Å²) in [6.45, 7) is 3.91. The molecule has 1 aromatic carbocycles. The molecule has 2 fully saturated rings. The molecule has 0 spiro atoms. The van der Waals surface area contributed by atoms with Crippen LogP contribution in [0.3, 0.4) is 0 Å². The smallest absolute Gasteiger partial charge is 0.253 e. The summed E-state index contributed by atoms with van der Waals surface area (Å²) in [6, 6.07) is 7.47. The minimum atomic E-state index is -0.0415. The van der Waals surface area contributed by atoms with E-state index in [0.717, 1.165) is 50.9 Å². The Morgan fingerprint density at radius 3 is 2.38 bits per heavy atom. The second kappa shape index (κ2) is 9.87. The standard InChI is InChI=1S/C22H32N4O3/c1-24(2)21(28)19-6-5-11-25(15-19)16-20(27)23-14-17-7-9-18(10-8-17)22(29)26-12-3-4-13-26/h7-10,19H,3-6,11-16H2,1-2H3,(H,23,27). The van der Waals surface area contributed by atoms with Crippen molar-refractivity contribution in [2.24, 2.45) is 5.92 Å². The summed E-state index contributed by atoms with van der Waals surface area (Å²) >= 11 is 0. The maximum absolute atomic E-state index is 12.4. The first-order valence-electron chi connectivity index (χ1n) is 10.5. The van der Waals surface area contributed by atoms with E-state index in [1.807, 2.05) is 29.2 Å². The minimum Gasteiger partial charge on any atom is -0.351 e. The summed E-state index contributed by atoms with van der Waals surface area (Å²) < 4.78 is 0. The number of hydrogen-bond acceptors (Lipinski definition) is 4. The number of nitrogens with one attached hydrogen (secondary N) is 1. The molecule has 2 aliphatic rings. The van der Waals surface area contributed by atoms with Crippen molar-refractivity contribution < 1.29 is 14.4 Å². The SMILES string of the molecule is CN(C)C(=O)C1CCCN(CC(=O)NCc2ccc(C(=O)N3CCCC3)cc2)C1. The van der Waals surface area contributed by atoms with Gasteiger partial charge in [0.2, 0.25) is 11.8 Å². The van der Waals surface area contributed by atoms with E-state index in [0.29, 0.717) is 25.2 Å². The fourth-order valence-electron chi connectivity index (χ4n) is 4.09. The Bertz CT molecular complexity index is 726. The highest BCUT2D eigenvalue weighted by molar-refractivity contribution is 5.94. The number of amides is 3. The second-order valence-electron chi connectivity index (χ2n) is 8.28. The fourth-order valence-corrected chi connectivity index (χ4v) is 4.09. The number of likely N-dealkylation sites (tertiary alicyclic amines) is 2. The van der Waals surface area contributed by atoms with Crippen molar-refractivity contribution in [3.8, 4) is 0 Å². The van der Waals surface area contributed by atoms with E-state index in [9.17, 15) is 14.4 Å². The highest BCUT2D eigenvalue weighted by Gasteiger charge is 2.27. The third-order valence-electron chi connectivity index (χ3n) is 5.75. The first-order chi connectivity index (χ1) is 13.9. The van der Waals surface area contributed by atoms with Crippen LogP contribution in [0.1, 0.15) is 41.6 Å². The first kappa shape index (κ1) is 21.3. The molecule has 3 rings (SSSR count). The van der Waals surface area contributed by atoms with Gasteiger partial charge in [0, 0.05) is 45.8 Å². The van der Waals surface area contributed by atoms with Crippen LogP contribution >= 0.6 is 0 Å². The normalized spacial score (nSPS) is 19.8. The summed E-state index contributed by atoms with van der Waals surface area (Å²) in [5.74, 6) is 0.163. The van der Waals surface area contributed by atoms with Gasteiger partial charge in [-0.15, -0.1) is 0 Å². The van der Waals surface area contributed by atoms with E-state index in [-0.39, 0.29) is 23.6 Å². The van der Waals surface area contributed by atoms with Crippen LogP contribution in [-0.2, 0) is 16.1 Å². The van der Waals surface area contributed by atoms with E-state index < -0.39 is 0 Å². The minimum absolute atomic E-state index is 0.0211. The number of nitrogens with zero attached hydrogens (tertiary/aromatic N) is 3. The zero-order valence-corrected chi connectivity index (χ0v) is 17.5. The fraction of sp³-hybridized carbons (Fsp3) is 0.591. The zero-order valence-electron chi connectivity index (χ0n) is 17.5. The molecule has 0 aliphatic carbocycles. The molecule has 1 aromatic rings. The highest BCUT2D eigenvalue weighted by Crippen LogP contribution is 2.18. The number of piperidine rings is 1. The molecule has 1 unspecified atom stereocenters. The first-order valence-corrected chi connectivity index (χ1v) is 10.5. The lowest BCUT2D eigenvalue weighted by Gasteiger charge is -2.32. The molecule has 7 heteroatoms. The van der Waals surface area contributed by atoms with E-state index in [1.165, 1.54) is 0 Å². The molecule has 0 bridgehead atoms. The van der Waals surface area contributed by atoms with Crippen molar-refractivity contribution in [2.75, 3.05) is 46.8 Å². The summed E-state index contributed by atoms with van der Waals surface area (Å²) in [4.78, 5) is 42.5. The van der Waals surface area contributed by atoms with Crippen molar-refractivity contribution in [3.05, 3.63) is 35.4 Å². The van der Waals surface area contributed by atoms with E-state index in [1.54, 1.807) is 19.0 Å². The number of carbonyl (C=O) groups is 3. The highest BCUT2D eigenvalue weighted by atomic mass is 16.2. The van der Waals surface area contributed by atoms with Gasteiger partial charge in [0.1, 0.15) is 0 Å². The number of rotatable bonds is 6. The van der Waals surface area contributed by atoms with Gasteiger partial charge in [-0.05, 0) is 49.9 Å². The van der Waals surface area contributed by atoms with Gasteiger partial charge in [-0.1, -0.05) is 12.1 Å². The largest absolute Gasteiger partial charge is 0.351 e. The molecule has 0 aromatic heterocycles. The van der Waals surface area contributed by atoms with Crippen LogP contribution in [0.4, 0.5) is 0 Å². The van der Waals surface area contributed by atoms with Gasteiger partial charge in [-0.25, -0.2) is 0 Å². The molecule has 1 N–H and O–H groups in total. The molecular weight excluding hydrogens is 368 g/mol. The Hall–Kier alpha value is -2.41. The average molecular weight is 401 g/mol. The van der Waals surface area contributed by atoms with Gasteiger partial charge in [0.05, 0.1) is 12.5 Å². The van der Waals surface area contributed by atoms with Gasteiger partial charge in [-0.3, -0.25) is 19.3 Å². The number of carbonyl (C=O) groups excluding carboxylic acids is 3. The zero-order chi connectivity index (χ0) is 20.8. The molecule has 158 valence electrons. The van der Waals surface area contributed by atoms with Gasteiger partial charge in [0.25, 0.3) is 5.91 Å². The second-order valence-corrected chi connectivity index (χ2v) is 8.28. The van der Waals surface area contributed by atoms with Gasteiger partial charge in [0.15, 0.2) is 0 Å².